The quantitative estimate of drug-likeness (QED) is 0.767. The highest BCUT2D eigenvalue weighted by Gasteiger charge is 2.28. The molecule has 1 unspecified atom stereocenters. The van der Waals surface area contributed by atoms with Gasteiger partial charge in [-0.2, -0.15) is 0 Å². The molecule has 0 aromatic heterocycles. The van der Waals surface area contributed by atoms with E-state index < -0.39 is 0 Å². The minimum absolute atomic E-state index is 0.317. The predicted octanol–water partition coefficient (Wildman–Crippen LogP) is 2.26. The lowest BCUT2D eigenvalue weighted by molar-refractivity contribution is -0.139. The Labute approximate surface area is 106 Å². The summed E-state index contributed by atoms with van der Waals surface area (Å²) in [6.45, 7) is 2.58. The molecule has 1 aliphatic heterocycles. The van der Waals surface area contributed by atoms with Gasteiger partial charge in [0.25, 0.3) is 0 Å². The first-order chi connectivity index (χ1) is 8.76. The van der Waals surface area contributed by atoms with Crippen LogP contribution in [0.2, 0.25) is 0 Å². The standard InChI is InChI=1S/C14H16O4/c1-3-17-14(15)12-7-8-18-13(12)10-5-4-6-11(9-10)16-2/h4-7,9,13H,3,8H2,1-2H3. The van der Waals surface area contributed by atoms with Gasteiger partial charge in [0.15, 0.2) is 0 Å². The average molecular weight is 248 g/mol. The van der Waals surface area contributed by atoms with Crippen LogP contribution in [0.3, 0.4) is 0 Å². The van der Waals surface area contributed by atoms with Crippen LogP contribution in [0.1, 0.15) is 18.6 Å². The first-order valence-corrected chi connectivity index (χ1v) is 5.89. The summed E-state index contributed by atoms with van der Waals surface area (Å²) in [5.74, 6) is 0.425. The highest BCUT2D eigenvalue weighted by Crippen LogP contribution is 2.32. The normalized spacial score (nSPS) is 18.3. The van der Waals surface area contributed by atoms with E-state index in [9.17, 15) is 4.79 Å². The molecule has 0 saturated heterocycles. The van der Waals surface area contributed by atoms with Gasteiger partial charge in [0.2, 0.25) is 0 Å². The Kier molecular flexibility index (Phi) is 3.99. The van der Waals surface area contributed by atoms with Crippen molar-refractivity contribution in [2.45, 2.75) is 13.0 Å². The van der Waals surface area contributed by atoms with Crippen molar-refractivity contribution in [2.24, 2.45) is 0 Å². The van der Waals surface area contributed by atoms with Gasteiger partial charge in [-0.15, -0.1) is 0 Å². The van der Waals surface area contributed by atoms with E-state index in [1.807, 2.05) is 24.3 Å². The number of esters is 1. The monoisotopic (exact) mass is 248 g/mol. The summed E-state index contributed by atoms with van der Waals surface area (Å²) in [6.07, 6.45) is 1.40. The first-order valence-electron chi connectivity index (χ1n) is 5.89. The highest BCUT2D eigenvalue weighted by molar-refractivity contribution is 5.90. The van der Waals surface area contributed by atoms with Gasteiger partial charge in [0.05, 0.1) is 25.9 Å². The SMILES string of the molecule is CCOC(=O)C1=CCOC1c1cccc(OC)c1. The van der Waals surface area contributed by atoms with Gasteiger partial charge in [-0.1, -0.05) is 12.1 Å². The van der Waals surface area contributed by atoms with E-state index in [-0.39, 0.29) is 12.1 Å². The topological polar surface area (TPSA) is 44.8 Å². The molecular weight excluding hydrogens is 232 g/mol. The van der Waals surface area contributed by atoms with Gasteiger partial charge >= 0.3 is 5.97 Å². The maximum absolute atomic E-state index is 11.8. The molecule has 0 bridgehead atoms. The zero-order valence-corrected chi connectivity index (χ0v) is 10.5. The fourth-order valence-corrected chi connectivity index (χ4v) is 1.92. The van der Waals surface area contributed by atoms with Gasteiger partial charge in [-0.05, 0) is 30.7 Å². The van der Waals surface area contributed by atoms with E-state index in [4.69, 9.17) is 14.2 Å². The Balaban J connectivity index is 2.22. The van der Waals surface area contributed by atoms with Crippen molar-refractivity contribution >= 4 is 5.97 Å². The maximum Gasteiger partial charge on any atom is 0.336 e. The summed E-state index contributed by atoms with van der Waals surface area (Å²) in [5.41, 5.74) is 1.45. The fourth-order valence-electron chi connectivity index (χ4n) is 1.92. The molecule has 0 fully saturated rings. The Morgan fingerprint density at radius 1 is 1.50 bits per heavy atom. The van der Waals surface area contributed by atoms with Crippen molar-refractivity contribution in [1.82, 2.24) is 0 Å². The molecule has 96 valence electrons. The summed E-state index contributed by atoms with van der Waals surface area (Å²) in [7, 11) is 1.61. The van der Waals surface area contributed by atoms with E-state index in [0.29, 0.717) is 18.8 Å². The van der Waals surface area contributed by atoms with E-state index in [2.05, 4.69) is 0 Å². The minimum Gasteiger partial charge on any atom is -0.497 e. The molecule has 0 radical (unpaired) electrons. The fraction of sp³-hybridized carbons (Fsp3) is 0.357. The lowest BCUT2D eigenvalue weighted by atomic mass is 10.0. The van der Waals surface area contributed by atoms with Crippen LogP contribution in [0.15, 0.2) is 35.9 Å². The number of rotatable bonds is 4. The third-order valence-electron chi connectivity index (χ3n) is 2.76. The Morgan fingerprint density at radius 2 is 2.33 bits per heavy atom. The zero-order chi connectivity index (χ0) is 13.0. The number of hydrogen-bond acceptors (Lipinski definition) is 4. The van der Waals surface area contributed by atoms with Gasteiger partial charge < -0.3 is 14.2 Å². The number of benzene rings is 1. The Morgan fingerprint density at radius 3 is 3.06 bits per heavy atom. The lowest BCUT2D eigenvalue weighted by Crippen LogP contribution is -2.13. The molecule has 0 amide bonds. The van der Waals surface area contributed by atoms with Crippen LogP contribution >= 0.6 is 0 Å². The molecule has 1 aliphatic rings. The predicted molar refractivity (Wildman–Crippen MR) is 66.4 cm³/mol. The molecule has 0 spiro atoms. The van der Waals surface area contributed by atoms with Crippen LogP contribution in [0.25, 0.3) is 0 Å². The number of methoxy groups -OCH3 is 1. The van der Waals surface area contributed by atoms with Gasteiger partial charge in [0.1, 0.15) is 11.9 Å². The van der Waals surface area contributed by atoms with Crippen LogP contribution in [0.4, 0.5) is 0 Å². The summed E-state index contributed by atoms with van der Waals surface area (Å²) in [4.78, 5) is 11.8. The first kappa shape index (κ1) is 12.6. The second kappa shape index (κ2) is 5.69. The molecule has 0 N–H and O–H groups in total. The average Bonchev–Trinajstić information content (AvgIpc) is 2.88. The van der Waals surface area contributed by atoms with E-state index in [1.165, 1.54) is 0 Å². The van der Waals surface area contributed by atoms with E-state index in [1.54, 1.807) is 20.1 Å². The third kappa shape index (κ3) is 2.54. The van der Waals surface area contributed by atoms with Crippen molar-refractivity contribution in [2.75, 3.05) is 20.3 Å². The van der Waals surface area contributed by atoms with Crippen molar-refractivity contribution < 1.29 is 19.0 Å². The van der Waals surface area contributed by atoms with Crippen molar-refractivity contribution in [3.8, 4) is 5.75 Å². The molecule has 4 heteroatoms. The van der Waals surface area contributed by atoms with Crippen LogP contribution in [-0.4, -0.2) is 26.3 Å². The van der Waals surface area contributed by atoms with Crippen molar-refractivity contribution in [3.05, 3.63) is 41.5 Å². The van der Waals surface area contributed by atoms with E-state index >= 15 is 0 Å². The summed E-state index contributed by atoms with van der Waals surface area (Å²) >= 11 is 0. The summed E-state index contributed by atoms with van der Waals surface area (Å²) < 4.78 is 15.8. The Hall–Kier alpha value is -1.81. The van der Waals surface area contributed by atoms with Crippen LogP contribution in [0, 0.1) is 0 Å². The molecule has 1 aromatic rings. The van der Waals surface area contributed by atoms with Crippen LogP contribution in [-0.2, 0) is 14.3 Å². The molecule has 18 heavy (non-hydrogen) atoms. The molecular formula is C14H16O4. The highest BCUT2D eigenvalue weighted by atomic mass is 16.5. The lowest BCUT2D eigenvalue weighted by Gasteiger charge is -2.15. The van der Waals surface area contributed by atoms with Crippen LogP contribution < -0.4 is 4.74 Å². The molecule has 1 heterocycles. The van der Waals surface area contributed by atoms with Gasteiger partial charge in [-0.25, -0.2) is 4.79 Å². The van der Waals surface area contributed by atoms with Crippen LogP contribution in [0.5, 0.6) is 5.75 Å². The molecule has 0 aliphatic carbocycles. The number of hydrogen-bond donors (Lipinski definition) is 0. The zero-order valence-electron chi connectivity index (χ0n) is 10.5. The second-order valence-corrected chi connectivity index (χ2v) is 3.87. The second-order valence-electron chi connectivity index (χ2n) is 3.87. The Bertz CT molecular complexity index is 465. The van der Waals surface area contributed by atoms with Gasteiger partial charge in [0, 0.05) is 0 Å². The molecule has 1 atom stereocenters. The molecule has 2 rings (SSSR count). The summed E-state index contributed by atoms with van der Waals surface area (Å²) in [6, 6.07) is 7.50. The summed E-state index contributed by atoms with van der Waals surface area (Å²) in [5, 5.41) is 0. The number of ether oxygens (including phenoxy) is 3. The maximum atomic E-state index is 11.8. The largest absolute Gasteiger partial charge is 0.497 e. The molecule has 1 aromatic carbocycles. The number of carbonyl (C=O) groups is 1. The van der Waals surface area contributed by atoms with Crippen molar-refractivity contribution in [3.63, 3.8) is 0 Å². The van der Waals surface area contributed by atoms with Crippen molar-refractivity contribution in [1.29, 1.82) is 0 Å². The minimum atomic E-state index is -0.362. The molecule has 4 nitrogen and oxygen atoms in total. The van der Waals surface area contributed by atoms with E-state index in [0.717, 1.165) is 11.3 Å². The smallest absolute Gasteiger partial charge is 0.336 e. The van der Waals surface area contributed by atoms with Gasteiger partial charge in [-0.3, -0.25) is 0 Å². The third-order valence-corrected chi connectivity index (χ3v) is 2.76. The number of carbonyl (C=O) groups excluding carboxylic acids is 1. The molecule has 0 saturated carbocycles.